The molecule has 0 aromatic carbocycles. The van der Waals surface area contributed by atoms with E-state index in [1.54, 1.807) is 0 Å². The van der Waals surface area contributed by atoms with Gasteiger partial charge in [0.05, 0.1) is 6.61 Å². The van der Waals surface area contributed by atoms with Crippen LogP contribution in [0.25, 0.3) is 0 Å². The summed E-state index contributed by atoms with van der Waals surface area (Å²) in [7, 11) is 0. The summed E-state index contributed by atoms with van der Waals surface area (Å²) in [6.07, 6.45) is 51.7. The van der Waals surface area contributed by atoms with Crippen molar-refractivity contribution in [1.29, 1.82) is 0 Å². The number of rotatable bonds is 44. The molecule has 0 heterocycles. The summed E-state index contributed by atoms with van der Waals surface area (Å²) >= 11 is 0. The fraction of sp³-hybridized carbons (Fsp3) is 0.878. The Balaban J connectivity index is 4.17. The van der Waals surface area contributed by atoms with Crippen molar-refractivity contribution >= 4 is 11.9 Å². The molecule has 0 bridgehead atoms. The third kappa shape index (κ3) is 43.1. The zero-order chi connectivity index (χ0) is 39.3. The zero-order valence-corrected chi connectivity index (χ0v) is 36.5. The predicted molar refractivity (Wildman–Crippen MR) is 233 cm³/mol. The molecule has 318 valence electrons. The second-order valence-corrected chi connectivity index (χ2v) is 16.0. The van der Waals surface area contributed by atoms with Crippen LogP contribution in [0, 0.1) is 0 Å². The number of carbonyl (C=O) groups is 2. The van der Waals surface area contributed by atoms with Crippen molar-refractivity contribution in [3.05, 3.63) is 24.3 Å². The molecule has 5 heteroatoms. The lowest BCUT2D eigenvalue weighted by atomic mass is 10.0. The first-order valence-corrected chi connectivity index (χ1v) is 23.9. The summed E-state index contributed by atoms with van der Waals surface area (Å²) in [6.45, 7) is 7.81. The van der Waals surface area contributed by atoms with Crippen molar-refractivity contribution in [2.24, 2.45) is 0 Å². The molecule has 0 radical (unpaired) electrons. The highest BCUT2D eigenvalue weighted by molar-refractivity contribution is 5.70. The first-order chi connectivity index (χ1) is 26.6. The van der Waals surface area contributed by atoms with E-state index in [1.165, 1.54) is 161 Å². The van der Waals surface area contributed by atoms with Crippen LogP contribution < -0.4 is 0 Å². The van der Waals surface area contributed by atoms with Crippen molar-refractivity contribution in [1.82, 2.24) is 0 Å². The van der Waals surface area contributed by atoms with Gasteiger partial charge in [0, 0.05) is 19.4 Å². The highest BCUT2D eigenvalue weighted by Crippen LogP contribution is 2.15. The quantitative estimate of drug-likeness (QED) is 0.0352. The molecular weight excluding hydrogens is 669 g/mol. The minimum absolute atomic E-state index is 0.0844. The highest BCUT2D eigenvalue weighted by atomic mass is 16.6. The van der Waals surface area contributed by atoms with Gasteiger partial charge in [-0.2, -0.15) is 0 Å². The van der Waals surface area contributed by atoms with E-state index in [-0.39, 0.29) is 25.2 Å². The Morgan fingerprint density at radius 3 is 1.26 bits per heavy atom. The van der Waals surface area contributed by atoms with Crippen molar-refractivity contribution < 1.29 is 23.8 Å². The van der Waals surface area contributed by atoms with Crippen molar-refractivity contribution in [2.75, 3.05) is 19.8 Å². The fourth-order valence-electron chi connectivity index (χ4n) is 6.89. The van der Waals surface area contributed by atoms with Gasteiger partial charge in [0.15, 0.2) is 6.10 Å². The molecule has 0 aromatic heterocycles. The zero-order valence-electron chi connectivity index (χ0n) is 36.5. The van der Waals surface area contributed by atoms with Crippen molar-refractivity contribution in [3.63, 3.8) is 0 Å². The average molecular weight is 761 g/mol. The van der Waals surface area contributed by atoms with E-state index in [2.05, 4.69) is 45.1 Å². The van der Waals surface area contributed by atoms with E-state index in [1.807, 2.05) is 0 Å². The molecule has 1 atom stereocenters. The van der Waals surface area contributed by atoms with Crippen LogP contribution in [-0.2, 0) is 23.8 Å². The second kappa shape index (κ2) is 45.8. The van der Waals surface area contributed by atoms with Gasteiger partial charge in [-0.25, -0.2) is 0 Å². The third-order valence-electron chi connectivity index (χ3n) is 10.5. The lowest BCUT2D eigenvalue weighted by Gasteiger charge is -2.18. The van der Waals surface area contributed by atoms with Crippen molar-refractivity contribution in [2.45, 2.75) is 258 Å². The monoisotopic (exact) mass is 761 g/mol. The van der Waals surface area contributed by atoms with Gasteiger partial charge < -0.3 is 14.2 Å². The molecule has 0 saturated carbocycles. The summed E-state index contributed by atoms with van der Waals surface area (Å²) in [5.74, 6) is -0.401. The predicted octanol–water partition coefficient (Wildman–Crippen LogP) is 15.7. The average Bonchev–Trinajstić information content (AvgIpc) is 3.17. The molecule has 0 spiro atoms. The molecule has 5 nitrogen and oxygen atoms in total. The van der Waals surface area contributed by atoms with Crippen molar-refractivity contribution in [3.8, 4) is 0 Å². The molecule has 0 fully saturated rings. The fourth-order valence-corrected chi connectivity index (χ4v) is 6.89. The number of ether oxygens (including phenoxy) is 3. The maximum absolute atomic E-state index is 12.7. The van der Waals surface area contributed by atoms with Gasteiger partial charge in [0.2, 0.25) is 0 Å². The molecule has 54 heavy (non-hydrogen) atoms. The number of hydrogen-bond donors (Lipinski definition) is 0. The van der Waals surface area contributed by atoms with Crippen LogP contribution in [0.1, 0.15) is 252 Å². The van der Waals surface area contributed by atoms with Crippen LogP contribution in [-0.4, -0.2) is 37.9 Å². The normalized spacial score (nSPS) is 12.3. The number of carbonyl (C=O) groups excluding carboxylic acids is 2. The Labute approximate surface area is 337 Å². The van der Waals surface area contributed by atoms with E-state index in [0.29, 0.717) is 19.4 Å². The molecule has 0 rings (SSSR count). The number of esters is 2. The largest absolute Gasteiger partial charge is 0.462 e. The van der Waals surface area contributed by atoms with Gasteiger partial charge in [-0.1, -0.05) is 212 Å². The Morgan fingerprint density at radius 1 is 0.407 bits per heavy atom. The summed E-state index contributed by atoms with van der Waals surface area (Å²) in [4.78, 5) is 25.2. The van der Waals surface area contributed by atoms with Gasteiger partial charge in [-0.3, -0.25) is 9.59 Å². The van der Waals surface area contributed by atoms with E-state index in [0.717, 1.165) is 57.8 Å². The van der Waals surface area contributed by atoms with Crippen LogP contribution in [0.4, 0.5) is 0 Å². The summed E-state index contributed by atoms with van der Waals surface area (Å²) < 4.78 is 17.3. The molecule has 0 aliphatic rings. The van der Waals surface area contributed by atoms with Gasteiger partial charge in [-0.15, -0.1) is 0 Å². The minimum Gasteiger partial charge on any atom is -0.462 e. The Bertz CT molecular complexity index is 821. The molecular formula is C49H92O5. The molecule has 0 aliphatic heterocycles. The molecule has 0 aromatic rings. The molecule has 1 unspecified atom stereocenters. The minimum atomic E-state index is -0.531. The lowest BCUT2D eigenvalue weighted by Crippen LogP contribution is -2.30. The first kappa shape index (κ1) is 52.4. The first-order valence-electron chi connectivity index (χ1n) is 23.9. The third-order valence-corrected chi connectivity index (χ3v) is 10.5. The van der Waals surface area contributed by atoms with Crippen LogP contribution in [0.3, 0.4) is 0 Å². The smallest absolute Gasteiger partial charge is 0.306 e. The topological polar surface area (TPSA) is 61.8 Å². The Hall–Kier alpha value is -1.62. The maximum Gasteiger partial charge on any atom is 0.306 e. The number of unbranched alkanes of at least 4 members (excludes halogenated alkanes) is 29. The van der Waals surface area contributed by atoms with Gasteiger partial charge >= 0.3 is 11.9 Å². The lowest BCUT2D eigenvalue weighted by molar-refractivity contribution is -0.163. The molecule has 0 saturated heterocycles. The number of hydrogen-bond acceptors (Lipinski definition) is 5. The van der Waals surface area contributed by atoms with E-state index >= 15 is 0 Å². The Kier molecular flexibility index (Phi) is 44.4. The maximum atomic E-state index is 12.7. The second-order valence-electron chi connectivity index (χ2n) is 16.0. The van der Waals surface area contributed by atoms with Crippen LogP contribution in [0.15, 0.2) is 24.3 Å². The number of allylic oxidation sites excluding steroid dienone is 4. The summed E-state index contributed by atoms with van der Waals surface area (Å²) in [5, 5.41) is 0. The van der Waals surface area contributed by atoms with Crippen LogP contribution in [0.2, 0.25) is 0 Å². The SMILES string of the molecule is CCCCC/C=C\C/C=C\CCCCCCCC(=O)OCC(COCCCCCCCCCC)OC(=O)CCCCCCCCCCCCCCCCC. The van der Waals surface area contributed by atoms with Gasteiger partial charge in [0.25, 0.3) is 0 Å². The van der Waals surface area contributed by atoms with Gasteiger partial charge in [0.1, 0.15) is 6.61 Å². The van der Waals surface area contributed by atoms with E-state index < -0.39 is 6.10 Å². The molecule has 0 N–H and O–H groups in total. The van der Waals surface area contributed by atoms with Gasteiger partial charge in [-0.05, 0) is 51.4 Å². The van der Waals surface area contributed by atoms with Crippen LogP contribution in [0.5, 0.6) is 0 Å². The van der Waals surface area contributed by atoms with Crippen LogP contribution >= 0.6 is 0 Å². The summed E-state index contributed by atoms with van der Waals surface area (Å²) in [5.41, 5.74) is 0. The van der Waals surface area contributed by atoms with E-state index in [4.69, 9.17) is 14.2 Å². The van der Waals surface area contributed by atoms with E-state index in [9.17, 15) is 9.59 Å². The Morgan fingerprint density at radius 2 is 0.778 bits per heavy atom. The molecule has 0 aliphatic carbocycles. The standard InChI is InChI=1S/C49H92O5/c1-4-7-10-13-16-19-21-23-25-27-29-31-33-36-39-42-48(50)53-46-47(45-52-44-41-38-35-18-15-12-9-6-3)54-49(51)43-40-37-34-32-30-28-26-24-22-20-17-14-11-8-5-2/h16,19,23,25,47H,4-15,17-18,20-22,24,26-46H2,1-3H3/b19-16-,25-23-. The summed E-state index contributed by atoms with van der Waals surface area (Å²) in [6, 6.07) is 0. The highest BCUT2D eigenvalue weighted by Gasteiger charge is 2.17. The molecule has 0 amide bonds.